The Bertz CT molecular complexity index is 467. The summed E-state index contributed by atoms with van der Waals surface area (Å²) in [6, 6.07) is 10.2. The van der Waals surface area contributed by atoms with Crippen LogP contribution in [-0.2, 0) is 0 Å². The van der Waals surface area contributed by atoms with E-state index in [0.29, 0.717) is 13.0 Å². The van der Waals surface area contributed by atoms with E-state index < -0.39 is 0 Å². The molecule has 17 heavy (non-hydrogen) atoms. The molecule has 0 aliphatic carbocycles. The highest BCUT2D eigenvalue weighted by atomic mass is 16.3. The fourth-order valence-corrected chi connectivity index (χ4v) is 2.16. The fourth-order valence-electron chi connectivity index (χ4n) is 2.16. The molecule has 0 saturated heterocycles. The number of benzene rings is 1. The quantitative estimate of drug-likeness (QED) is 0.675. The van der Waals surface area contributed by atoms with Crippen molar-refractivity contribution in [3.05, 3.63) is 35.9 Å². The Labute approximate surface area is 102 Å². The minimum absolute atomic E-state index is 0.0253. The third-order valence-corrected chi connectivity index (χ3v) is 2.79. The average molecular weight is 230 g/mol. The third-order valence-electron chi connectivity index (χ3n) is 2.79. The van der Waals surface area contributed by atoms with E-state index in [9.17, 15) is 5.11 Å². The predicted molar refractivity (Wildman–Crippen MR) is 67.2 cm³/mol. The van der Waals surface area contributed by atoms with Gasteiger partial charge < -0.3 is 5.11 Å². The van der Waals surface area contributed by atoms with E-state index in [1.54, 1.807) is 0 Å². The first-order valence-electron chi connectivity index (χ1n) is 5.93. The zero-order valence-corrected chi connectivity index (χ0v) is 10.6. The molecule has 1 heterocycles. The lowest BCUT2D eigenvalue weighted by molar-refractivity contribution is -0.527. The Morgan fingerprint density at radius 1 is 1.24 bits per heavy atom. The Hall–Kier alpha value is -1.64. The van der Waals surface area contributed by atoms with Gasteiger partial charge in [0.15, 0.2) is 6.54 Å². The summed E-state index contributed by atoms with van der Waals surface area (Å²) in [5, 5.41) is 15.4. The largest absolute Gasteiger partial charge is 0.857 e. The molecule has 0 aromatic heterocycles. The van der Waals surface area contributed by atoms with E-state index in [-0.39, 0.29) is 11.3 Å². The number of nitrogens with zero attached hydrogens (tertiary/aromatic N) is 2. The van der Waals surface area contributed by atoms with Crippen molar-refractivity contribution < 1.29 is 9.79 Å². The van der Waals surface area contributed by atoms with Crippen LogP contribution in [0.25, 0.3) is 0 Å². The van der Waals surface area contributed by atoms with Crippen LogP contribution in [0.3, 0.4) is 0 Å². The van der Waals surface area contributed by atoms with E-state index in [4.69, 9.17) is 0 Å². The summed E-state index contributed by atoms with van der Waals surface area (Å²) in [6.45, 7) is 7.13. The summed E-state index contributed by atoms with van der Waals surface area (Å²) in [4.78, 5) is 0. The van der Waals surface area contributed by atoms with Gasteiger partial charge in [0.1, 0.15) is 0 Å². The SMILES string of the molecule is CC(C)(C)C(c1ccccc1)=[N+]1CCC([O-])=N1. The van der Waals surface area contributed by atoms with Crippen molar-refractivity contribution in [1.82, 2.24) is 0 Å². The summed E-state index contributed by atoms with van der Waals surface area (Å²) in [6.07, 6.45) is 0.520. The number of hydrogen-bond acceptors (Lipinski definition) is 2. The normalized spacial score (nSPS) is 19.1. The van der Waals surface area contributed by atoms with Crippen molar-refractivity contribution in [3.63, 3.8) is 0 Å². The monoisotopic (exact) mass is 230 g/mol. The van der Waals surface area contributed by atoms with Gasteiger partial charge in [0.05, 0.1) is 0 Å². The molecule has 0 amide bonds. The minimum atomic E-state index is -0.0323. The van der Waals surface area contributed by atoms with Gasteiger partial charge in [-0.05, 0) is 17.2 Å². The first kappa shape index (κ1) is 11.8. The van der Waals surface area contributed by atoms with Gasteiger partial charge in [0.2, 0.25) is 5.71 Å². The molecule has 0 N–H and O–H groups in total. The van der Waals surface area contributed by atoms with Crippen molar-refractivity contribution in [2.24, 2.45) is 10.5 Å². The van der Waals surface area contributed by atoms with Gasteiger partial charge in [-0.25, -0.2) is 0 Å². The summed E-state index contributed by atoms with van der Waals surface area (Å²) < 4.78 is 1.86. The summed E-state index contributed by atoms with van der Waals surface area (Å²) in [7, 11) is 0. The third kappa shape index (κ3) is 2.54. The van der Waals surface area contributed by atoms with E-state index >= 15 is 0 Å². The molecule has 0 bridgehead atoms. The molecule has 1 aliphatic heterocycles. The molecule has 0 saturated carbocycles. The topological polar surface area (TPSA) is 38.4 Å². The zero-order chi connectivity index (χ0) is 12.5. The van der Waals surface area contributed by atoms with Crippen molar-refractivity contribution in [2.45, 2.75) is 27.2 Å². The second-order valence-corrected chi connectivity index (χ2v) is 5.33. The molecule has 1 aromatic carbocycles. The van der Waals surface area contributed by atoms with E-state index in [0.717, 1.165) is 11.3 Å². The average Bonchev–Trinajstić information content (AvgIpc) is 2.64. The highest BCUT2D eigenvalue weighted by Gasteiger charge is 2.32. The summed E-state index contributed by atoms with van der Waals surface area (Å²) >= 11 is 0. The van der Waals surface area contributed by atoms with Gasteiger partial charge in [-0.2, -0.15) is 0 Å². The van der Waals surface area contributed by atoms with E-state index in [2.05, 4.69) is 38.0 Å². The van der Waals surface area contributed by atoms with Crippen molar-refractivity contribution in [2.75, 3.05) is 6.54 Å². The first-order chi connectivity index (χ1) is 7.98. The van der Waals surface area contributed by atoms with Crippen LogP contribution in [0.15, 0.2) is 35.4 Å². The minimum Gasteiger partial charge on any atom is -0.857 e. The van der Waals surface area contributed by atoms with Gasteiger partial charge in [0.25, 0.3) is 0 Å². The molecule has 0 fully saturated rings. The van der Waals surface area contributed by atoms with Crippen molar-refractivity contribution in [1.29, 1.82) is 0 Å². The zero-order valence-electron chi connectivity index (χ0n) is 10.6. The van der Waals surface area contributed by atoms with Crippen LogP contribution < -0.4 is 5.11 Å². The van der Waals surface area contributed by atoms with Gasteiger partial charge in [-0.1, -0.05) is 43.7 Å². The smallest absolute Gasteiger partial charge is 0.220 e. The maximum atomic E-state index is 11.3. The second-order valence-electron chi connectivity index (χ2n) is 5.33. The van der Waals surface area contributed by atoms with E-state index in [1.165, 1.54) is 0 Å². The van der Waals surface area contributed by atoms with Crippen molar-refractivity contribution >= 4 is 11.6 Å². The van der Waals surface area contributed by atoms with Crippen LogP contribution in [0, 0.1) is 5.41 Å². The lowest BCUT2D eigenvalue weighted by Gasteiger charge is -2.17. The molecule has 3 nitrogen and oxygen atoms in total. The molecular formula is C14H18N2O. The maximum absolute atomic E-state index is 11.3. The van der Waals surface area contributed by atoms with Crippen LogP contribution >= 0.6 is 0 Å². The summed E-state index contributed by atoms with van der Waals surface area (Å²) in [5.41, 5.74) is 2.22. The second kappa shape index (κ2) is 4.32. The predicted octanol–water partition coefficient (Wildman–Crippen LogP) is 1.61. The standard InChI is InChI=1S/C14H18N2O/c1-14(2,3)13(11-7-5-4-6-8-11)16-10-9-12(17)15-16/h4-8H,9-10H2,1-3H3. The van der Waals surface area contributed by atoms with Gasteiger partial charge in [-0.3, -0.25) is 0 Å². The van der Waals surface area contributed by atoms with E-state index in [1.807, 2.05) is 22.9 Å². The van der Waals surface area contributed by atoms with Gasteiger partial charge >= 0.3 is 0 Å². The molecule has 0 unspecified atom stereocenters. The molecule has 90 valence electrons. The lowest BCUT2D eigenvalue weighted by Crippen LogP contribution is -2.29. The molecule has 1 aromatic rings. The fraction of sp³-hybridized carbons (Fsp3) is 0.429. The number of rotatable bonds is 1. The Balaban J connectivity index is 2.55. The molecule has 3 heteroatoms. The first-order valence-corrected chi connectivity index (χ1v) is 5.93. The Morgan fingerprint density at radius 2 is 1.88 bits per heavy atom. The van der Waals surface area contributed by atoms with Crippen LogP contribution in [0.2, 0.25) is 0 Å². The van der Waals surface area contributed by atoms with Crippen molar-refractivity contribution in [3.8, 4) is 0 Å². The van der Waals surface area contributed by atoms with Gasteiger partial charge in [-0.15, -0.1) is 0 Å². The molecule has 1 aliphatic rings. The van der Waals surface area contributed by atoms with Crippen LogP contribution in [-0.4, -0.2) is 22.8 Å². The maximum Gasteiger partial charge on any atom is 0.220 e. The highest BCUT2D eigenvalue weighted by Crippen LogP contribution is 2.23. The van der Waals surface area contributed by atoms with Crippen LogP contribution in [0.5, 0.6) is 0 Å². The lowest BCUT2D eigenvalue weighted by atomic mass is 9.85. The molecule has 0 spiro atoms. The molecule has 0 radical (unpaired) electrons. The van der Waals surface area contributed by atoms with Crippen LogP contribution in [0.4, 0.5) is 0 Å². The number of hydrogen-bond donors (Lipinski definition) is 0. The molecule has 0 atom stereocenters. The van der Waals surface area contributed by atoms with Crippen LogP contribution in [0.1, 0.15) is 32.8 Å². The highest BCUT2D eigenvalue weighted by molar-refractivity contribution is 6.00. The molecule has 2 rings (SSSR count). The van der Waals surface area contributed by atoms with Gasteiger partial charge in [0, 0.05) is 23.3 Å². The summed E-state index contributed by atoms with van der Waals surface area (Å²) in [5.74, 6) is -0.0253. The number of hydrazone groups is 1. The Kier molecular flexibility index (Phi) is 3.01. The Morgan fingerprint density at radius 3 is 2.35 bits per heavy atom. The molecular weight excluding hydrogens is 212 g/mol.